The molecule has 0 aliphatic carbocycles. The highest BCUT2D eigenvalue weighted by atomic mass is 16.5. The molecule has 0 saturated heterocycles. The minimum Gasteiger partial charge on any atom is -0.397 e. The molecule has 0 fully saturated rings. The molecule has 110 valence electrons. The Balaban J connectivity index is 2.22. The molecule has 1 heterocycles. The number of hydrogen-bond acceptors (Lipinski definition) is 4. The second-order valence-corrected chi connectivity index (χ2v) is 4.87. The number of carbonyl (C=O) groups is 1. The molecular weight excluding hydrogens is 266 g/mol. The number of nitrogens with two attached hydrogens (primary N) is 1. The fourth-order valence-electron chi connectivity index (χ4n) is 2.10. The van der Waals surface area contributed by atoms with E-state index in [2.05, 4.69) is 10.3 Å². The molecule has 0 saturated carbocycles. The van der Waals surface area contributed by atoms with E-state index in [0.29, 0.717) is 17.9 Å². The van der Waals surface area contributed by atoms with Gasteiger partial charge in [0.15, 0.2) is 0 Å². The third-order valence-corrected chi connectivity index (χ3v) is 3.08. The fraction of sp³-hybridized carbons (Fsp3) is 0.250. The number of nitrogens with zero attached hydrogens (tertiary/aromatic N) is 1. The maximum Gasteiger partial charge on any atom is 0.251 e. The Morgan fingerprint density at radius 2 is 2.24 bits per heavy atom. The monoisotopic (exact) mass is 285 g/mol. The number of amides is 1. The van der Waals surface area contributed by atoms with E-state index in [4.69, 9.17) is 10.5 Å². The molecule has 5 heteroatoms. The number of hydrogen-bond donors (Lipinski definition) is 2. The first-order chi connectivity index (χ1) is 10.1. The predicted molar refractivity (Wildman–Crippen MR) is 82.9 cm³/mol. The van der Waals surface area contributed by atoms with Gasteiger partial charge in [-0.25, -0.2) is 0 Å². The molecule has 0 aliphatic heterocycles. The number of anilines is 1. The highest BCUT2D eigenvalue weighted by Crippen LogP contribution is 2.25. The molecule has 1 aromatic carbocycles. The van der Waals surface area contributed by atoms with E-state index in [1.54, 1.807) is 25.6 Å². The van der Waals surface area contributed by atoms with Crippen LogP contribution >= 0.6 is 0 Å². The number of aromatic nitrogens is 1. The number of benzene rings is 1. The Bertz CT molecular complexity index is 628. The maximum atomic E-state index is 12.2. The summed E-state index contributed by atoms with van der Waals surface area (Å²) in [7, 11) is 1.61. The van der Waals surface area contributed by atoms with E-state index < -0.39 is 0 Å². The van der Waals surface area contributed by atoms with Gasteiger partial charge in [-0.1, -0.05) is 12.1 Å². The minimum atomic E-state index is -0.131. The van der Waals surface area contributed by atoms with Crippen molar-refractivity contribution in [1.29, 1.82) is 0 Å². The van der Waals surface area contributed by atoms with Crippen LogP contribution in [0.25, 0.3) is 11.1 Å². The zero-order valence-corrected chi connectivity index (χ0v) is 12.2. The number of rotatable bonds is 5. The zero-order chi connectivity index (χ0) is 15.2. The number of methoxy groups -OCH3 is 1. The maximum absolute atomic E-state index is 12.2. The van der Waals surface area contributed by atoms with Gasteiger partial charge in [-0.05, 0) is 30.7 Å². The van der Waals surface area contributed by atoms with Crippen molar-refractivity contribution in [2.75, 3.05) is 19.5 Å². The van der Waals surface area contributed by atoms with Crippen molar-refractivity contribution in [2.24, 2.45) is 0 Å². The SMILES string of the molecule is COCC(C)NC(=O)c1cccc(-c2ccncc2N)c1. The lowest BCUT2D eigenvalue weighted by atomic mass is 10.0. The normalized spacial score (nSPS) is 11.9. The predicted octanol–water partition coefficient (Wildman–Crippen LogP) is 2.10. The second-order valence-electron chi connectivity index (χ2n) is 4.87. The molecule has 5 nitrogen and oxygen atoms in total. The summed E-state index contributed by atoms with van der Waals surface area (Å²) in [6.45, 7) is 2.37. The van der Waals surface area contributed by atoms with Crippen molar-refractivity contribution in [3.8, 4) is 11.1 Å². The molecule has 2 aromatic rings. The molecule has 2 rings (SSSR count). The molecular formula is C16H19N3O2. The van der Waals surface area contributed by atoms with Crippen LogP contribution in [0.4, 0.5) is 5.69 Å². The van der Waals surface area contributed by atoms with Gasteiger partial charge >= 0.3 is 0 Å². The first-order valence-electron chi connectivity index (χ1n) is 6.71. The lowest BCUT2D eigenvalue weighted by Gasteiger charge is -2.13. The van der Waals surface area contributed by atoms with Crippen molar-refractivity contribution in [3.05, 3.63) is 48.3 Å². The van der Waals surface area contributed by atoms with Gasteiger partial charge in [0.2, 0.25) is 0 Å². The number of nitrogen functional groups attached to an aromatic ring is 1. The van der Waals surface area contributed by atoms with Gasteiger partial charge < -0.3 is 15.8 Å². The van der Waals surface area contributed by atoms with Crippen LogP contribution in [0.5, 0.6) is 0 Å². The van der Waals surface area contributed by atoms with Crippen LogP contribution in [-0.4, -0.2) is 30.6 Å². The average molecular weight is 285 g/mol. The van der Waals surface area contributed by atoms with Gasteiger partial charge in [-0.15, -0.1) is 0 Å². The van der Waals surface area contributed by atoms with E-state index in [0.717, 1.165) is 11.1 Å². The number of ether oxygens (including phenoxy) is 1. The fourth-order valence-corrected chi connectivity index (χ4v) is 2.10. The van der Waals surface area contributed by atoms with Crippen LogP contribution in [0, 0.1) is 0 Å². The van der Waals surface area contributed by atoms with Crippen molar-refractivity contribution >= 4 is 11.6 Å². The first kappa shape index (κ1) is 15.0. The molecule has 1 atom stereocenters. The van der Waals surface area contributed by atoms with Crippen LogP contribution in [-0.2, 0) is 4.74 Å². The summed E-state index contributed by atoms with van der Waals surface area (Å²) in [6, 6.07) is 9.14. The van der Waals surface area contributed by atoms with Gasteiger partial charge in [-0.2, -0.15) is 0 Å². The van der Waals surface area contributed by atoms with E-state index in [-0.39, 0.29) is 11.9 Å². The van der Waals surface area contributed by atoms with Crippen molar-refractivity contribution in [2.45, 2.75) is 13.0 Å². The van der Waals surface area contributed by atoms with Crippen LogP contribution in [0.3, 0.4) is 0 Å². The quantitative estimate of drug-likeness (QED) is 0.882. The van der Waals surface area contributed by atoms with Gasteiger partial charge in [0.1, 0.15) is 0 Å². The topological polar surface area (TPSA) is 77.2 Å². The lowest BCUT2D eigenvalue weighted by Crippen LogP contribution is -2.35. The van der Waals surface area contributed by atoms with Crippen LogP contribution in [0.1, 0.15) is 17.3 Å². The summed E-state index contributed by atoms with van der Waals surface area (Å²) >= 11 is 0. The molecule has 1 amide bonds. The standard InChI is InChI=1S/C16H19N3O2/c1-11(10-21-2)19-16(20)13-5-3-4-12(8-13)14-6-7-18-9-15(14)17/h3-9,11H,10,17H2,1-2H3,(H,19,20). The molecule has 0 aliphatic rings. The van der Waals surface area contributed by atoms with Crippen molar-refractivity contribution < 1.29 is 9.53 Å². The van der Waals surface area contributed by atoms with Crippen LogP contribution in [0.15, 0.2) is 42.7 Å². The van der Waals surface area contributed by atoms with E-state index in [9.17, 15) is 4.79 Å². The Hall–Kier alpha value is -2.40. The Kier molecular flexibility index (Phi) is 4.90. The summed E-state index contributed by atoms with van der Waals surface area (Å²) in [5.74, 6) is -0.131. The molecule has 0 spiro atoms. The van der Waals surface area contributed by atoms with Crippen LogP contribution in [0.2, 0.25) is 0 Å². The Morgan fingerprint density at radius 3 is 2.95 bits per heavy atom. The molecule has 3 N–H and O–H groups in total. The third kappa shape index (κ3) is 3.79. The summed E-state index contributed by atoms with van der Waals surface area (Å²) in [4.78, 5) is 16.2. The van der Waals surface area contributed by atoms with Crippen LogP contribution < -0.4 is 11.1 Å². The number of carbonyl (C=O) groups excluding carboxylic acids is 1. The molecule has 0 radical (unpaired) electrons. The van der Waals surface area contributed by atoms with Gasteiger partial charge in [-0.3, -0.25) is 9.78 Å². The molecule has 0 bridgehead atoms. The van der Waals surface area contributed by atoms with Gasteiger partial charge in [0, 0.05) is 30.5 Å². The van der Waals surface area contributed by atoms with E-state index in [1.807, 2.05) is 31.2 Å². The van der Waals surface area contributed by atoms with Gasteiger partial charge in [0.05, 0.1) is 18.5 Å². The number of nitrogens with one attached hydrogen (secondary N) is 1. The summed E-state index contributed by atoms with van der Waals surface area (Å²) in [5.41, 5.74) is 8.85. The smallest absolute Gasteiger partial charge is 0.251 e. The average Bonchev–Trinajstić information content (AvgIpc) is 2.48. The first-order valence-corrected chi connectivity index (χ1v) is 6.71. The minimum absolute atomic E-state index is 0.0443. The Morgan fingerprint density at radius 1 is 1.43 bits per heavy atom. The molecule has 1 unspecified atom stereocenters. The summed E-state index contributed by atoms with van der Waals surface area (Å²) in [5, 5.41) is 2.88. The largest absolute Gasteiger partial charge is 0.397 e. The highest BCUT2D eigenvalue weighted by molar-refractivity contribution is 5.96. The third-order valence-electron chi connectivity index (χ3n) is 3.08. The van der Waals surface area contributed by atoms with Crippen molar-refractivity contribution in [1.82, 2.24) is 10.3 Å². The molecule has 21 heavy (non-hydrogen) atoms. The van der Waals surface area contributed by atoms with E-state index in [1.165, 1.54) is 0 Å². The summed E-state index contributed by atoms with van der Waals surface area (Å²) < 4.78 is 5.01. The second kappa shape index (κ2) is 6.85. The lowest BCUT2D eigenvalue weighted by molar-refractivity contribution is 0.0905. The van der Waals surface area contributed by atoms with Gasteiger partial charge in [0.25, 0.3) is 5.91 Å². The van der Waals surface area contributed by atoms with Crippen molar-refractivity contribution in [3.63, 3.8) is 0 Å². The summed E-state index contributed by atoms with van der Waals surface area (Å²) in [6.07, 6.45) is 3.28. The molecule has 1 aromatic heterocycles. The highest BCUT2D eigenvalue weighted by Gasteiger charge is 2.11. The zero-order valence-electron chi connectivity index (χ0n) is 12.2. The number of pyridine rings is 1. The Labute approximate surface area is 124 Å². The van der Waals surface area contributed by atoms with E-state index >= 15 is 0 Å².